The van der Waals surface area contributed by atoms with Gasteiger partial charge in [-0.1, -0.05) is 12.1 Å². The summed E-state index contributed by atoms with van der Waals surface area (Å²) in [4.78, 5) is 22.5. The van der Waals surface area contributed by atoms with E-state index in [-0.39, 0.29) is 5.75 Å². The molecule has 0 heterocycles. The average Bonchev–Trinajstić information content (AvgIpc) is 2.43. The zero-order chi connectivity index (χ0) is 14.3. The molecule has 2 N–H and O–H groups in total. The van der Waals surface area contributed by atoms with Crippen molar-refractivity contribution < 1.29 is 28.6 Å². The van der Waals surface area contributed by atoms with Crippen molar-refractivity contribution in [1.82, 2.24) is 5.32 Å². The molecule has 0 spiro atoms. The van der Waals surface area contributed by atoms with Crippen molar-refractivity contribution in [2.75, 3.05) is 20.3 Å². The van der Waals surface area contributed by atoms with Crippen LogP contribution in [0.1, 0.15) is 0 Å². The molecule has 104 valence electrons. The number of ether oxygens (including phenoxy) is 2. The maximum Gasteiger partial charge on any atom is 0.330 e. The largest absolute Gasteiger partial charge is 0.481 e. The van der Waals surface area contributed by atoms with Crippen LogP contribution in [0.4, 0.5) is 4.39 Å². The fourth-order valence-electron chi connectivity index (χ4n) is 1.26. The zero-order valence-corrected chi connectivity index (χ0v) is 10.3. The molecule has 0 saturated heterocycles. The van der Waals surface area contributed by atoms with Crippen LogP contribution in [-0.4, -0.2) is 43.3 Å². The third-order valence-corrected chi connectivity index (χ3v) is 2.20. The topological polar surface area (TPSA) is 84.9 Å². The highest BCUT2D eigenvalue weighted by Crippen LogP contribution is 2.14. The lowest BCUT2D eigenvalue weighted by Crippen LogP contribution is -2.45. The van der Waals surface area contributed by atoms with E-state index in [9.17, 15) is 14.0 Å². The molecule has 0 saturated carbocycles. The molecular formula is C12H14FNO5. The number of carbonyl (C=O) groups is 2. The molecular weight excluding hydrogens is 257 g/mol. The number of aliphatic hydroxyl groups excluding tert-OH is 1. The smallest absolute Gasteiger partial charge is 0.330 e. The second kappa shape index (κ2) is 7.32. The fourth-order valence-corrected chi connectivity index (χ4v) is 1.26. The Labute approximate surface area is 109 Å². The molecule has 0 bridgehead atoms. The summed E-state index contributed by atoms with van der Waals surface area (Å²) in [5, 5.41) is 11.1. The number of hydrogen-bond donors (Lipinski definition) is 2. The molecule has 19 heavy (non-hydrogen) atoms. The van der Waals surface area contributed by atoms with Gasteiger partial charge in [-0.25, -0.2) is 9.18 Å². The third kappa shape index (κ3) is 4.55. The number of para-hydroxylation sites is 1. The molecule has 1 aromatic rings. The molecule has 1 unspecified atom stereocenters. The van der Waals surface area contributed by atoms with Crippen molar-refractivity contribution in [3.05, 3.63) is 30.1 Å². The number of esters is 1. The molecule has 1 rings (SSSR count). The van der Waals surface area contributed by atoms with Gasteiger partial charge in [-0.3, -0.25) is 4.79 Å². The maximum absolute atomic E-state index is 13.2. The van der Waals surface area contributed by atoms with Crippen LogP contribution in [0.3, 0.4) is 0 Å². The van der Waals surface area contributed by atoms with Crippen LogP contribution < -0.4 is 10.1 Å². The summed E-state index contributed by atoms with van der Waals surface area (Å²) in [7, 11) is 1.13. The van der Waals surface area contributed by atoms with E-state index in [1.807, 2.05) is 0 Å². The lowest BCUT2D eigenvalue weighted by atomic mass is 10.3. The van der Waals surface area contributed by atoms with Gasteiger partial charge in [0.1, 0.15) is 0 Å². The Balaban J connectivity index is 2.48. The van der Waals surface area contributed by atoms with Crippen molar-refractivity contribution in [3.8, 4) is 5.75 Å². The second-order valence-corrected chi connectivity index (χ2v) is 3.54. The van der Waals surface area contributed by atoms with E-state index >= 15 is 0 Å². The molecule has 6 nitrogen and oxygen atoms in total. The van der Waals surface area contributed by atoms with E-state index in [1.54, 1.807) is 6.07 Å². The van der Waals surface area contributed by atoms with E-state index in [0.717, 1.165) is 7.11 Å². The van der Waals surface area contributed by atoms with Gasteiger partial charge in [0.2, 0.25) is 0 Å². The van der Waals surface area contributed by atoms with Crippen molar-refractivity contribution in [2.24, 2.45) is 0 Å². The predicted molar refractivity (Wildman–Crippen MR) is 62.9 cm³/mol. The van der Waals surface area contributed by atoms with E-state index in [2.05, 4.69) is 10.1 Å². The van der Waals surface area contributed by atoms with E-state index in [4.69, 9.17) is 9.84 Å². The Morgan fingerprint density at radius 3 is 2.68 bits per heavy atom. The quantitative estimate of drug-likeness (QED) is 0.703. The van der Waals surface area contributed by atoms with Gasteiger partial charge in [-0.05, 0) is 12.1 Å². The lowest BCUT2D eigenvalue weighted by molar-refractivity contribution is -0.146. The maximum atomic E-state index is 13.2. The van der Waals surface area contributed by atoms with Crippen LogP contribution in [0.5, 0.6) is 5.75 Å². The molecule has 0 aromatic heterocycles. The molecule has 1 aromatic carbocycles. The summed E-state index contributed by atoms with van der Waals surface area (Å²) < 4.78 is 22.5. The van der Waals surface area contributed by atoms with Crippen molar-refractivity contribution in [3.63, 3.8) is 0 Å². The number of amides is 1. The molecule has 1 atom stereocenters. The number of hydrogen-bond acceptors (Lipinski definition) is 5. The summed E-state index contributed by atoms with van der Waals surface area (Å²) in [5.41, 5.74) is 0. The predicted octanol–water partition coefficient (Wildman–Crippen LogP) is -0.145. The van der Waals surface area contributed by atoms with Crippen molar-refractivity contribution >= 4 is 11.9 Å². The van der Waals surface area contributed by atoms with Gasteiger partial charge in [-0.15, -0.1) is 0 Å². The molecule has 0 fully saturated rings. The number of nitrogens with one attached hydrogen (secondary N) is 1. The lowest BCUT2D eigenvalue weighted by Gasteiger charge is -2.14. The number of halogens is 1. The van der Waals surface area contributed by atoms with Crippen LogP contribution in [0.15, 0.2) is 24.3 Å². The first-order valence-corrected chi connectivity index (χ1v) is 5.44. The van der Waals surface area contributed by atoms with Gasteiger partial charge >= 0.3 is 5.97 Å². The molecule has 7 heteroatoms. The van der Waals surface area contributed by atoms with E-state index < -0.39 is 36.9 Å². The summed E-state index contributed by atoms with van der Waals surface area (Å²) in [6, 6.07) is 4.44. The molecule has 0 aliphatic carbocycles. The standard InChI is InChI=1S/C12H14FNO5/c1-18-12(17)9(6-15)14-11(16)7-19-10-5-3-2-4-8(10)13/h2-5,9,15H,6-7H2,1H3,(H,14,16). The first kappa shape index (κ1) is 14.9. The zero-order valence-electron chi connectivity index (χ0n) is 10.3. The third-order valence-electron chi connectivity index (χ3n) is 2.20. The van der Waals surface area contributed by atoms with Crippen molar-refractivity contribution in [1.29, 1.82) is 0 Å². The van der Waals surface area contributed by atoms with Crippen molar-refractivity contribution in [2.45, 2.75) is 6.04 Å². The molecule has 0 aliphatic heterocycles. The van der Waals surface area contributed by atoms with E-state index in [0.29, 0.717) is 0 Å². The number of methoxy groups -OCH3 is 1. The van der Waals surface area contributed by atoms with Gasteiger partial charge < -0.3 is 19.9 Å². The van der Waals surface area contributed by atoms with Gasteiger partial charge in [0.25, 0.3) is 5.91 Å². The monoisotopic (exact) mass is 271 g/mol. The Kier molecular flexibility index (Phi) is 5.74. The highest BCUT2D eigenvalue weighted by Gasteiger charge is 2.20. The van der Waals surface area contributed by atoms with Gasteiger partial charge in [0.15, 0.2) is 24.2 Å². The van der Waals surface area contributed by atoms with Gasteiger partial charge in [0.05, 0.1) is 13.7 Å². The minimum absolute atomic E-state index is 0.0729. The Morgan fingerprint density at radius 2 is 2.11 bits per heavy atom. The van der Waals surface area contributed by atoms with E-state index in [1.165, 1.54) is 18.2 Å². The van der Waals surface area contributed by atoms with Gasteiger partial charge in [-0.2, -0.15) is 0 Å². The van der Waals surface area contributed by atoms with Crippen LogP contribution in [0, 0.1) is 5.82 Å². The minimum Gasteiger partial charge on any atom is -0.481 e. The van der Waals surface area contributed by atoms with Crippen LogP contribution in [-0.2, 0) is 14.3 Å². The first-order valence-electron chi connectivity index (χ1n) is 5.44. The van der Waals surface area contributed by atoms with Gasteiger partial charge in [0, 0.05) is 0 Å². The average molecular weight is 271 g/mol. The minimum atomic E-state index is -1.17. The highest BCUT2D eigenvalue weighted by molar-refractivity contribution is 5.85. The Hall–Kier alpha value is -2.15. The SMILES string of the molecule is COC(=O)C(CO)NC(=O)COc1ccccc1F. The second-order valence-electron chi connectivity index (χ2n) is 3.54. The first-order chi connectivity index (χ1) is 9.08. The summed E-state index contributed by atoms with van der Waals surface area (Å²) in [5.74, 6) is -2.12. The van der Waals surface area contributed by atoms with Crippen LogP contribution >= 0.6 is 0 Å². The summed E-state index contributed by atoms with van der Waals surface area (Å²) in [6.45, 7) is -1.08. The number of aliphatic hydroxyl groups is 1. The van der Waals surface area contributed by atoms with Crippen LogP contribution in [0.2, 0.25) is 0 Å². The Bertz CT molecular complexity index is 452. The number of benzene rings is 1. The number of carbonyl (C=O) groups excluding carboxylic acids is 2. The molecule has 0 aliphatic rings. The molecule has 0 radical (unpaired) electrons. The summed E-state index contributed by atoms with van der Waals surface area (Å²) >= 11 is 0. The highest BCUT2D eigenvalue weighted by atomic mass is 19.1. The molecule has 1 amide bonds. The Morgan fingerprint density at radius 1 is 1.42 bits per heavy atom. The number of rotatable bonds is 6. The fraction of sp³-hybridized carbons (Fsp3) is 0.333. The van der Waals surface area contributed by atoms with Crippen LogP contribution in [0.25, 0.3) is 0 Å². The summed E-state index contributed by atoms with van der Waals surface area (Å²) in [6.07, 6.45) is 0. The normalized spacial score (nSPS) is 11.5.